The van der Waals surface area contributed by atoms with Crippen LogP contribution < -0.4 is 10.2 Å². The number of hydrogen-bond donors (Lipinski definition) is 2. The number of benzene rings is 1. The first-order valence-corrected chi connectivity index (χ1v) is 9.13. The van der Waals surface area contributed by atoms with Crippen molar-refractivity contribution in [2.45, 2.75) is 13.5 Å². The van der Waals surface area contributed by atoms with Gasteiger partial charge in [-0.2, -0.15) is 0 Å². The molecule has 29 heavy (non-hydrogen) atoms. The van der Waals surface area contributed by atoms with E-state index in [0.717, 1.165) is 11.1 Å². The lowest BCUT2D eigenvalue weighted by atomic mass is 10.1. The molecule has 2 N–H and O–H groups in total. The molecule has 1 aromatic carbocycles. The van der Waals surface area contributed by atoms with Crippen LogP contribution in [0.4, 0.5) is 4.39 Å². The zero-order chi connectivity index (χ0) is 20.2. The number of halogens is 1. The molecular formula is C19H20FN5O4. The summed E-state index contributed by atoms with van der Waals surface area (Å²) in [6.07, 6.45) is 0. The largest absolute Gasteiger partial charge is 0.472 e. The first-order valence-electron chi connectivity index (χ1n) is 9.13. The van der Waals surface area contributed by atoms with Crippen molar-refractivity contribution in [1.29, 1.82) is 0 Å². The summed E-state index contributed by atoms with van der Waals surface area (Å²) in [6.45, 7) is 4.31. The van der Waals surface area contributed by atoms with Crippen LogP contribution in [0.1, 0.15) is 21.8 Å². The molecule has 152 valence electrons. The highest BCUT2D eigenvalue weighted by Gasteiger charge is 2.18. The number of nitrogens with zero attached hydrogens (tertiary/aromatic N) is 3. The number of hydrazine groups is 1. The number of morpholine rings is 1. The number of aromatic amines is 1. The lowest BCUT2D eigenvalue weighted by Gasteiger charge is -2.26. The van der Waals surface area contributed by atoms with Crippen molar-refractivity contribution in [2.75, 3.05) is 26.3 Å². The third kappa shape index (κ3) is 4.44. The molecule has 1 aliphatic rings. The summed E-state index contributed by atoms with van der Waals surface area (Å²) >= 11 is 0. The molecule has 1 aliphatic heterocycles. The van der Waals surface area contributed by atoms with Gasteiger partial charge in [0.2, 0.25) is 5.88 Å². The lowest BCUT2D eigenvalue weighted by Crippen LogP contribution is -2.48. The second-order valence-electron chi connectivity index (χ2n) is 6.52. The molecule has 1 fully saturated rings. The van der Waals surface area contributed by atoms with Crippen LogP contribution in [0.3, 0.4) is 0 Å². The van der Waals surface area contributed by atoms with E-state index in [-0.39, 0.29) is 29.9 Å². The topological polar surface area (TPSA) is 106 Å². The van der Waals surface area contributed by atoms with Crippen LogP contribution in [-0.2, 0) is 11.3 Å². The molecule has 0 spiro atoms. The maximum atomic E-state index is 13.2. The number of ether oxygens (including phenoxy) is 2. The second kappa shape index (κ2) is 8.41. The van der Waals surface area contributed by atoms with Crippen molar-refractivity contribution in [3.63, 3.8) is 0 Å². The van der Waals surface area contributed by atoms with Gasteiger partial charge in [0.05, 0.1) is 18.8 Å². The Morgan fingerprint density at radius 3 is 2.83 bits per heavy atom. The average molecular weight is 401 g/mol. The molecular weight excluding hydrogens is 381 g/mol. The van der Waals surface area contributed by atoms with Gasteiger partial charge in [-0.25, -0.2) is 9.40 Å². The maximum Gasteiger partial charge on any atom is 0.283 e. The summed E-state index contributed by atoms with van der Waals surface area (Å²) in [5.74, 6) is 0.224. The predicted octanol–water partition coefficient (Wildman–Crippen LogP) is 2.07. The number of carbonyl (C=O) groups excluding carboxylic acids is 1. The molecule has 0 atom stereocenters. The van der Waals surface area contributed by atoms with Crippen molar-refractivity contribution in [1.82, 2.24) is 25.8 Å². The highest BCUT2D eigenvalue weighted by molar-refractivity contribution is 5.92. The first kappa shape index (κ1) is 19.1. The molecule has 4 rings (SSSR count). The van der Waals surface area contributed by atoms with Gasteiger partial charge in [0.25, 0.3) is 5.91 Å². The summed E-state index contributed by atoms with van der Waals surface area (Å²) < 4.78 is 29.4. The number of amides is 1. The van der Waals surface area contributed by atoms with Gasteiger partial charge >= 0.3 is 0 Å². The second-order valence-corrected chi connectivity index (χ2v) is 6.52. The highest BCUT2D eigenvalue weighted by Crippen LogP contribution is 2.26. The van der Waals surface area contributed by atoms with Gasteiger partial charge in [0, 0.05) is 24.7 Å². The number of hydrogen-bond acceptors (Lipinski definition) is 7. The molecule has 2 aromatic heterocycles. The summed E-state index contributed by atoms with van der Waals surface area (Å²) in [7, 11) is 0. The highest BCUT2D eigenvalue weighted by atomic mass is 19.1. The smallest absolute Gasteiger partial charge is 0.283 e. The first-order chi connectivity index (χ1) is 14.1. The van der Waals surface area contributed by atoms with Crippen molar-refractivity contribution in [2.24, 2.45) is 0 Å². The Morgan fingerprint density at radius 1 is 1.31 bits per heavy atom. The fraction of sp³-hybridized carbons (Fsp3) is 0.316. The van der Waals surface area contributed by atoms with Crippen LogP contribution >= 0.6 is 0 Å². The number of rotatable bonds is 6. The fourth-order valence-electron chi connectivity index (χ4n) is 2.91. The molecule has 10 heteroatoms. The summed E-state index contributed by atoms with van der Waals surface area (Å²) in [5.41, 5.74) is 5.09. The van der Waals surface area contributed by atoms with E-state index in [1.54, 1.807) is 24.1 Å². The molecule has 0 bridgehead atoms. The molecule has 0 radical (unpaired) electrons. The Balaban J connectivity index is 1.41. The van der Waals surface area contributed by atoms with Crippen LogP contribution in [0.15, 0.2) is 34.9 Å². The Kier molecular flexibility index (Phi) is 5.54. The van der Waals surface area contributed by atoms with E-state index >= 15 is 0 Å². The van der Waals surface area contributed by atoms with E-state index in [0.29, 0.717) is 37.8 Å². The van der Waals surface area contributed by atoms with Crippen molar-refractivity contribution in [3.05, 3.63) is 53.2 Å². The molecule has 3 heterocycles. The Hall–Kier alpha value is -3.24. The van der Waals surface area contributed by atoms with E-state index in [1.807, 2.05) is 0 Å². The minimum atomic E-state index is -0.328. The minimum Gasteiger partial charge on any atom is -0.472 e. The van der Waals surface area contributed by atoms with E-state index in [9.17, 15) is 9.18 Å². The quantitative estimate of drug-likeness (QED) is 0.651. The molecule has 9 nitrogen and oxygen atoms in total. The summed E-state index contributed by atoms with van der Waals surface area (Å²) in [6, 6.07) is 7.49. The molecule has 1 saturated heterocycles. The van der Waals surface area contributed by atoms with Crippen LogP contribution in [0.5, 0.6) is 5.88 Å². The van der Waals surface area contributed by atoms with Crippen molar-refractivity contribution < 1.29 is 23.2 Å². The Labute approximate surface area is 165 Å². The third-order valence-electron chi connectivity index (χ3n) is 4.54. The molecule has 0 saturated carbocycles. The molecule has 3 aromatic rings. The van der Waals surface area contributed by atoms with Gasteiger partial charge in [-0.1, -0.05) is 5.16 Å². The van der Waals surface area contributed by atoms with Gasteiger partial charge in [0.1, 0.15) is 29.6 Å². The average Bonchev–Trinajstić information content (AvgIpc) is 3.35. The van der Waals surface area contributed by atoms with Gasteiger partial charge in [-0.05, 0) is 31.2 Å². The van der Waals surface area contributed by atoms with Crippen LogP contribution in [0, 0.1) is 12.7 Å². The van der Waals surface area contributed by atoms with Crippen molar-refractivity contribution in [3.8, 4) is 17.1 Å². The Bertz CT molecular complexity index is 979. The van der Waals surface area contributed by atoms with Gasteiger partial charge in [0.15, 0.2) is 0 Å². The van der Waals surface area contributed by atoms with Crippen LogP contribution in [0.25, 0.3) is 11.3 Å². The van der Waals surface area contributed by atoms with E-state index < -0.39 is 0 Å². The lowest BCUT2D eigenvalue weighted by molar-refractivity contribution is 0.0124. The van der Waals surface area contributed by atoms with Crippen LogP contribution in [-0.4, -0.2) is 52.6 Å². The van der Waals surface area contributed by atoms with Crippen molar-refractivity contribution >= 4 is 5.91 Å². The number of carbonyl (C=O) groups is 1. The minimum absolute atomic E-state index is 0.136. The normalized spacial score (nSPS) is 14.7. The number of aryl methyl sites for hydroxylation is 1. The monoisotopic (exact) mass is 401 g/mol. The standard InChI is InChI=1S/C19H20FN5O4/c1-12-15(18(24-29-12)13-2-4-14(20)5-3-13)11-28-17-10-16(21-22-17)19(26)23-25-6-8-27-9-7-25/h2-5,10H,6-9,11H2,1H3,(H,21,22)(H,23,26). The third-order valence-corrected chi connectivity index (χ3v) is 4.54. The zero-order valence-electron chi connectivity index (χ0n) is 15.8. The predicted molar refractivity (Wildman–Crippen MR) is 99.4 cm³/mol. The van der Waals surface area contributed by atoms with Crippen LogP contribution in [0.2, 0.25) is 0 Å². The van der Waals surface area contributed by atoms with Gasteiger partial charge in [-0.3, -0.25) is 15.3 Å². The maximum absolute atomic E-state index is 13.2. The van der Waals surface area contributed by atoms with E-state index in [4.69, 9.17) is 14.0 Å². The van der Waals surface area contributed by atoms with Gasteiger partial charge < -0.3 is 14.0 Å². The number of H-pyrrole nitrogens is 1. The fourth-order valence-corrected chi connectivity index (χ4v) is 2.91. The van der Waals surface area contributed by atoms with E-state index in [2.05, 4.69) is 20.8 Å². The van der Waals surface area contributed by atoms with E-state index in [1.165, 1.54) is 18.2 Å². The molecule has 1 amide bonds. The van der Waals surface area contributed by atoms with Gasteiger partial charge in [-0.15, -0.1) is 5.10 Å². The SMILES string of the molecule is Cc1onc(-c2ccc(F)cc2)c1COc1cc(C(=O)NN2CCOCC2)[nH]n1. The summed E-state index contributed by atoms with van der Waals surface area (Å²) in [4.78, 5) is 12.3. The Morgan fingerprint density at radius 2 is 2.07 bits per heavy atom. The number of aromatic nitrogens is 3. The summed E-state index contributed by atoms with van der Waals surface area (Å²) in [5, 5.41) is 12.5. The molecule has 0 aliphatic carbocycles. The zero-order valence-corrected chi connectivity index (χ0v) is 15.8. The number of nitrogens with one attached hydrogen (secondary N) is 2. The molecule has 0 unspecified atom stereocenters.